The number of nitrogens with one attached hydrogen (secondary N) is 1. The molecule has 166 valence electrons. The Kier molecular flexibility index (Phi) is 7.33. The highest BCUT2D eigenvalue weighted by Crippen LogP contribution is 2.22. The number of piperazine rings is 1. The van der Waals surface area contributed by atoms with Crippen molar-refractivity contribution in [2.45, 2.75) is 25.4 Å². The largest absolute Gasteiger partial charge is 0.350 e. The molecule has 0 bridgehead atoms. The van der Waals surface area contributed by atoms with Crippen molar-refractivity contribution in [1.29, 1.82) is 0 Å². The predicted molar refractivity (Wildman–Crippen MR) is 121 cm³/mol. The third-order valence-corrected chi connectivity index (χ3v) is 6.51. The van der Waals surface area contributed by atoms with Gasteiger partial charge < -0.3 is 10.2 Å². The molecular formula is C25H33FN4O. The van der Waals surface area contributed by atoms with Gasteiger partial charge in [-0.05, 0) is 68.4 Å². The van der Waals surface area contributed by atoms with Gasteiger partial charge in [0, 0.05) is 44.8 Å². The zero-order valence-electron chi connectivity index (χ0n) is 18.4. The number of benzene rings is 2. The lowest BCUT2D eigenvalue weighted by molar-refractivity contribution is 0.0886. The number of halogens is 1. The van der Waals surface area contributed by atoms with Crippen LogP contribution >= 0.6 is 0 Å². The van der Waals surface area contributed by atoms with Crippen LogP contribution < -0.4 is 5.32 Å². The van der Waals surface area contributed by atoms with E-state index in [1.807, 2.05) is 24.3 Å². The van der Waals surface area contributed by atoms with E-state index in [2.05, 4.69) is 39.2 Å². The molecule has 0 aliphatic carbocycles. The molecule has 2 aliphatic rings. The minimum absolute atomic E-state index is 0.0349. The molecule has 0 spiro atoms. The summed E-state index contributed by atoms with van der Waals surface area (Å²) in [4.78, 5) is 20.0. The van der Waals surface area contributed by atoms with Crippen LogP contribution in [0.15, 0.2) is 48.5 Å². The van der Waals surface area contributed by atoms with Crippen LogP contribution in [0, 0.1) is 5.82 Å². The monoisotopic (exact) mass is 424 g/mol. The number of carbonyl (C=O) groups is 1. The summed E-state index contributed by atoms with van der Waals surface area (Å²) in [5, 5.41) is 3.11. The van der Waals surface area contributed by atoms with E-state index in [0.29, 0.717) is 12.1 Å². The van der Waals surface area contributed by atoms with Gasteiger partial charge >= 0.3 is 0 Å². The van der Waals surface area contributed by atoms with Crippen LogP contribution in [0.5, 0.6) is 0 Å². The molecule has 2 saturated heterocycles. The van der Waals surface area contributed by atoms with Crippen LogP contribution in [0.1, 0.15) is 40.4 Å². The Bertz CT molecular complexity index is 841. The van der Waals surface area contributed by atoms with Crippen LogP contribution in [-0.4, -0.2) is 73.5 Å². The summed E-state index contributed by atoms with van der Waals surface area (Å²) in [6.07, 6.45) is 2.56. The summed E-state index contributed by atoms with van der Waals surface area (Å²) in [5.41, 5.74) is 2.97. The van der Waals surface area contributed by atoms with E-state index in [1.165, 1.54) is 43.6 Å². The van der Waals surface area contributed by atoms with Gasteiger partial charge in [0.2, 0.25) is 0 Å². The standard InChI is InChI=1S/C25H33FN4O/c1-28-14-16-30(17-15-28)24(21-8-10-23(26)11-9-21)18-27-25(31)22-6-4-20(5-7-22)19-29-12-2-3-13-29/h4-11,24H,2-3,12-19H2,1H3,(H,27,31). The number of likely N-dealkylation sites (tertiary alicyclic amines) is 1. The van der Waals surface area contributed by atoms with Crippen molar-refractivity contribution in [1.82, 2.24) is 20.0 Å². The van der Waals surface area contributed by atoms with Crippen molar-refractivity contribution >= 4 is 5.91 Å². The quantitative estimate of drug-likeness (QED) is 0.741. The molecule has 2 aromatic rings. The Morgan fingerprint density at radius 3 is 2.23 bits per heavy atom. The fourth-order valence-electron chi connectivity index (χ4n) is 4.53. The van der Waals surface area contributed by atoms with E-state index in [1.54, 1.807) is 0 Å². The predicted octanol–water partition coefficient (Wildman–Crippen LogP) is 3.14. The summed E-state index contributed by atoms with van der Waals surface area (Å²) < 4.78 is 13.4. The number of hydrogen-bond donors (Lipinski definition) is 1. The zero-order chi connectivity index (χ0) is 21.6. The topological polar surface area (TPSA) is 38.8 Å². The van der Waals surface area contributed by atoms with Gasteiger partial charge in [-0.15, -0.1) is 0 Å². The molecule has 1 N–H and O–H groups in total. The van der Waals surface area contributed by atoms with Crippen molar-refractivity contribution in [3.05, 3.63) is 71.0 Å². The third-order valence-electron chi connectivity index (χ3n) is 6.51. The first-order chi connectivity index (χ1) is 15.1. The summed E-state index contributed by atoms with van der Waals surface area (Å²) in [6.45, 7) is 7.63. The number of nitrogens with zero attached hydrogens (tertiary/aromatic N) is 3. The first-order valence-electron chi connectivity index (χ1n) is 11.4. The molecule has 31 heavy (non-hydrogen) atoms. The highest BCUT2D eigenvalue weighted by molar-refractivity contribution is 5.94. The van der Waals surface area contributed by atoms with Crippen molar-refractivity contribution in [3.8, 4) is 0 Å². The van der Waals surface area contributed by atoms with Crippen LogP contribution in [0.4, 0.5) is 4.39 Å². The van der Waals surface area contributed by atoms with Crippen molar-refractivity contribution < 1.29 is 9.18 Å². The average molecular weight is 425 g/mol. The van der Waals surface area contributed by atoms with E-state index in [4.69, 9.17) is 0 Å². The molecule has 1 amide bonds. The van der Waals surface area contributed by atoms with Gasteiger partial charge in [0.25, 0.3) is 5.91 Å². The first kappa shape index (κ1) is 21.9. The van der Waals surface area contributed by atoms with Crippen molar-refractivity contribution in [2.24, 2.45) is 0 Å². The summed E-state index contributed by atoms with van der Waals surface area (Å²) in [5.74, 6) is -0.298. The summed E-state index contributed by atoms with van der Waals surface area (Å²) in [6, 6.07) is 14.7. The molecule has 0 radical (unpaired) electrons. The Morgan fingerprint density at radius 2 is 1.58 bits per heavy atom. The number of hydrogen-bond acceptors (Lipinski definition) is 4. The molecule has 0 saturated carbocycles. The summed E-state index contributed by atoms with van der Waals surface area (Å²) >= 11 is 0. The molecule has 1 unspecified atom stereocenters. The van der Waals surface area contributed by atoms with Crippen LogP contribution in [0.2, 0.25) is 0 Å². The molecule has 2 aliphatic heterocycles. The Balaban J connectivity index is 1.38. The SMILES string of the molecule is CN1CCN(C(CNC(=O)c2ccc(CN3CCCC3)cc2)c2ccc(F)cc2)CC1. The van der Waals surface area contributed by atoms with E-state index in [-0.39, 0.29) is 17.8 Å². The maximum Gasteiger partial charge on any atom is 0.251 e. The molecule has 5 nitrogen and oxygen atoms in total. The molecule has 0 aromatic heterocycles. The molecule has 1 atom stereocenters. The molecule has 2 fully saturated rings. The number of carbonyl (C=O) groups excluding carboxylic acids is 1. The summed E-state index contributed by atoms with van der Waals surface area (Å²) in [7, 11) is 2.12. The number of likely N-dealkylation sites (N-methyl/N-ethyl adjacent to an activating group) is 1. The Labute approximate surface area is 184 Å². The van der Waals surface area contributed by atoms with Crippen molar-refractivity contribution in [2.75, 3.05) is 52.9 Å². The Morgan fingerprint density at radius 1 is 0.935 bits per heavy atom. The zero-order valence-corrected chi connectivity index (χ0v) is 18.4. The Hall–Kier alpha value is -2.28. The fraction of sp³-hybridized carbons (Fsp3) is 0.480. The minimum Gasteiger partial charge on any atom is -0.350 e. The van der Waals surface area contributed by atoms with Gasteiger partial charge in [0.15, 0.2) is 0 Å². The second-order valence-electron chi connectivity index (χ2n) is 8.80. The molecule has 6 heteroatoms. The highest BCUT2D eigenvalue weighted by Gasteiger charge is 2.24. The highest BCUT2D eigenvalue weighted by atomic mass is 19.1. The van der Waals surface area contributed by atoms with Gasteiger partial charge in [0.1, 0.15) is 5.82 Å². The lowest BCUT2D eigenvalue weighted by atomic mass is 10.0. The second-order valence-corrected chi connectivity index (χ2v) is 8.80. The number of rotatable bonds is 7. The molecule has 2 heterocycles. The lowest BCUT2D eigenvalue weighted by Gasteiger charge is -2.38. The fourth-order valence-corrected chi connectivity index (χ4v) is 4.53. The molecular weight excluding hydrogens is 391 g/mol. The van der Waals surface area contributed by atoms with Crippen LogP contribution in [0.25, 0.3) is 0 Å². The van der Waals surface area contributed by atoms with Crippen LogP contribution in [-0.2, 0) is 6.54 Å². The maximum atomic E-state index is 13.4. The average Bonchev–Trinajstić information content (AvgIpc) is 3.29. The second kappa shape index (κ2) is 10.4. The number of amides is 1. The van der Waals surface area contributed by atoms with Crippen molar-refractivity contribution in [3.63, 3.8) is 0 Å². The van der Waals surface area contributed by atoms with Crippen LogP contribution in [0.3, 0.4) is 0 Å². The maximum absolute atomic E-state index is 13.4. The van der Waals surface area contributed by atoms with E-state index >= 15 is 0 Å². The van der Waals surface area contributed by atoms with E-state index in [0.717, 1.165) is 38.3 Å². The lowest BCUT2D eigenvalue weighted by Crippen LogP contribution is -2.48. The van der Waals surface area contributed by atoms with Gasteiger partial charge in [-0.1, -0.05) is 24.3 Å². The van der Waals surface area contributed by atoms with E-state index in [9.17, 15) is 9.18 Å². The molecule has 2 aromatic carbocycles. The third kappa shape index (κ3) is 5.91. The smallest absolute Gasteiger partial charge is 0.251 e. The van der Waals surface area contributed by atoms with Gasteiger partial charge in [-0.2, -0.15) is 0 Å². The first-order valence-corrected chi connectivity index (χ1v) is 11.4. The van der Waals surface area contributed by atoms with Gasteiger partial charge in [-0.3, -0.25) is 14.6 Å². The van der Waals surface area contributed by atoms with Gasteiger partial charge in [-0.25, -0.2) is 4.39 Å². The minimum atomic E-state index is -0.237. The normalized spacial score (nSPS) is 19.4. The molecule has 4 rings (SSSR count). The van der Waals surface area contributed by atoms with E-state index < -0.39 is 0 Å². The van der Waals surface area contributed by atoms with Gasteiger partial charge in [0.05, 0.1) is 6.04 Å².